The monoisotopic (exact) mass is 259 g/mol. The van der Waals surface area contributed by atoms with Crippen molar-refractivity contribution in [2.75, 3.05) is 7.05 Å². The van der Waals surface area contributed by atoms with Gasteiger partial charge in [-0.25, -0.2) is 4.39 Å². The van der Waals surface area contributed by atoms with Gasteiger partial charge in [0.2, 0.25) is 0 Å². The number of H-pyrrole nitrogens is 1. The van der Waals surface area contributed by atoms with Gasteiger partial charge in [0.05, 0.1) is 16.7 Å². The zero-order valence-electron chi connectivity index (χ0n) is 11.1. The summed E-state index contributed by atoms with van der Waals surface area (Å²) in [6.07, 6.45) is 6.16. The zero-order valence-corrected chi connectivity index (χ0v) is 11.1. The number of nitrogens with zero attached hydrogens (tertiary/aromatic N) is 2. The molecule has 3 nitrogen and oxygen atoms in total. The Bertz CT molecular complexity index is 631. The van der Waals surface area contributed by atoms with Crippen LogP contribution in [-0.4, -0.2) is 28.2 Å². The van der Waals surface area contributed by atoms with Crippen molar-refractivity contribution in [3.05, 3.63) is 29.7 Å². The van der Waals surface area contributed by atoms with E-state index in [2.05, 4.69) is 22.1 Å². The first-order valence-electron chi connectivity index (χ1n) is 7.08. The molecule has 2 bridgehead atoms. The Morgan fingerprint density at radius 3 is 3.16 bits per heavy atom. The Morgan fingerprint density at radius 1 is 1.37 bits per heavy atom. The molecule has 100 valence electrons. The molecule has 2 aromatic rings. The highest BCUT2D eigenvalue weighted by molar-refractivity contribution is 5.82. The van der Waals surface area contributed by atoms with Crippen LogP contribution < -0.4 is 0 Å². The van der Waals surface area contributed by atoms with Crippen LogP contribution in [-0.2, 0) is 5.54 Å². The fraction of sp³-hybridized carbons (Fsp3) is 0.533. The highest BCUT2D eigenvalue weighted by Gasteiger charge is 2.49. The number of rotatable bonds is 1. The maximum absolute atomic E-state index is 13.3. The second-order valence-corrected chi connectivity index (χ2v) is 5.99. The second kappa shape index (κ2) is 3.79. The average molecular weight is 259 g/mol. The smallest absolute Gasteiger partial charge is 0.125 e. The maximum Gasteiger partial charge on any atom is 0.125 e. The van der Waals surface area contributed by atoms with Gasteiger partial charge in [0.1, 0.15) is 5.82 Å². The number of nitrogens with one attached hydrogen (secondary N) is 1. The van der Waals surface area contributed by atoms with Crippen LogP contribution in [0, 0.1) is 5.82 Å². The molecule has 1 aromatic heterocycles. The lowest BCUT2D eigenvalue weighted by Crippen LogP contribution is -2.45. The number of hydrogen-bond acceptors (Lipinski definition) is 2. The highest BCUT2D eigenvalue weighted by Crippen LogP contribution is 2.50. The van der Waals surface area contributed by atoms with E-state index in [9.17, 15) is 4.39 Å². The van der Waals surface area contributed by atoms with Crippen LogP contribution in [0.25, 0.3) is 10.9 Å². The normalized spacial score (nSPS) is 31.2. The van der Waals surface area contributed by atoms with Gasteiger partial charge in [0.15, 0.2) is 0 Å². The fourth-order valence-corrected chi connectivity index (χ4v) is 4.14. The van der Waals surface area contributed by atoms with Crippen molar-refractivity contribution in [2.45, 2.75) is 43.7 Å². The summed E-state index contributed by atoms with van der Waals surface area (Å²) in [6.45, 7) is 0. The molecule has 0 spiro atoms. The van der Waals surface area contributed by atoms with Crippen molar-refractivity contribution in [2.24, 2.45) is 0 Å². The van der Waals surface area contributed by atoms with E-state index in [1.165, 1.54) is 37.8 Å². The SMILES string of the molecule is CN1C2CCCC1(c1n[nH]c3cc(F)ccc13)CC2. The number of aromatic nitrogens is 2. The molecule has 1 aromatic carbocycles. The van der Waals surface area contributed by atoms with Crippen LogP contribution in [0.1, 0.15) is 37.8 Å². The first kappa shape index (κ1) is 11.4. The predicted octanol–water partition coefficient (Wildman–Crippen LogP) is 3.18. The summed E-state index contributed by atoms with van der Waals surface area (Å²) in [6, 6.07) is 5.64. The van der Waals surface area contributed by atoms with Crippen molar-refractivity contribution in [3.63, 3.8) is 0 Å². The van der Waals surface area contributed by atoms with E-state index in [0.717, 1.165) is 23.0 Å². The third-order valence-corrected chi connectivity index (χ3v) is 5.21. The summed E-state index contributed by atoms with van der Waals surface area (Å²) in [7, 11) is 2.22. The predicted molar refractivity (Wildman–Crippen MR) is 72.4 cm³/mol. The van der Waals surface area contributed by atoms with E-state index >= 15 is 0 Å². The summed E-state index contributed by atoms with van der Waals surface area (Å²) < 4.78 is 13.3. The lowest BCUT2D eigenvalue weighted by Gasteiger charge is -2.41. The third-order valence-electron chi connectivity index (χ3n) is 5.21. The minimum Gasteiger partial charge on any atom is -0.292 e. The lowest BCUT2D eigenvalue weighted by atomic mass is 9.84. The molecule has 4 heteroatoms. The molecule has 0 radical (unpaired) electrons. The van der Waals surface area contributed by atoms with Gasteiger partial charge in [-0.05, 0) is 57.4 Å². The van der Waals surface area contributed by atoms with E-state index in [0.29, 0.717) is 6.04 Å². The summed E-state index contributed by atoms with van der Waals surface area (Å²) in [5.74, 6) is -0.207. The average Bonchev–Trinajstić information content (AvgIpc) is 2.86. The van der Waals surface area contributed by atoms with Crippen LogP contribution >= 0.6 is 0 Å². The van der Waals surface area contributed by atoms with Crippen LogP contribution in [0.3, 0.4) is 0 Å². The van der Waals surface area contributed by atoms with Gasteiger partial charge in [0.25, 0.3) is 0 Å². The molecule has 0 amide bonds. The van der Waals surface area contributed by atoms with Crippen molar-refractivity contribution >= 4 is 10.9 Å². The summed E-state index contributed by atoms with van der Waals surface area (Å²) >= 11 is 0. The number of fused-ring (bicyclic) bond motifs is 3. The van der Waals surface area contributed by atoms with E-state index in [-0.39, 0.29) is 11.4 Å². The topological polar surface area (TPSA) is 31.9 Å². The van der Waals surface area contributed by atoms with Crippen molar-refractivity contribution in [3.8, 4) is 0 Å². The third kappa shape index (κ3) is 1.43. The minimum absolute atomic E-state index is 0.0684. The molecule has 1 N–H and O–H groups in total. The van der Waals surface area contributed by atoms with Gasteiger partial charge < -0.3 is 0 Å². The molecule has 3 heterocycles. The van der Waals surface area contributed by atoms with E-state index in [4.69, 9.17) is 0 Å². The van der Waals surface area contributed by atoms with Gasteiger partial charge in [-0.1, -0.05) is 0 Å². The van der Waals surface area contributed by atoms with Gasteiger partial charge in [-0.3, -0.25) is 10.00 Å². The fourth-order valence-electron chi connectivity index (χ4n) is 4.14. The molecule has 2 aliphatic rings. The largest absolute Gasteiger partial charge is 0.292 e. The molecule has 2 saturated heterocycles. The van der Waals surface area contributed by atoms with Gasteiger partial charge in [-0.2, -0.15) is 5.10 Å². The first-order valence-corrected chi connectivity index (χ1v) is 7.08. The van der Waals surface area contributed by atoms with Crippen molar-refractivity contribution in [1.82, 2.24) is 15.1 Å². The minimum atomic E-state index is -0.207. The van der Waals surface area contributed by atoms with Crippen LogP contribution in [0.5, 0.6) is 0 Å². The summed E-state index contributed by atoms with van der Waals surface area (Å²) in [4.78, 5) is 2.51. The molecular formula is C15H18FN3. The molecule has 2 atom stereocenters. The quantitative estimate of drug-likeness (QED) is 0.853. The van der Waals surface area contributed by atoms with Crippen molar-refractivity contribution in [1.29, 1.82) is 0 Å². The molecule has 2 fully saturated rings. The molecule has 0 aliphatic carbocycles. The summed E-state index contributed by atoms with van der Waals surface area (Å²) in [5.41, 5.74) is 2.00. The number of hydrogen-bond donors (Lipinski definition) is 1. The Labute approximate surface area is 111 Å². The van der Waals surface area contributed by atoms with E-state index in [1.54, 1.807) is 0 Å². The van der Waals surface area contributed by atoms with Gasteiger partial charge in [0, 0.05) is 11.4 Å². The number of aromatic amines is 1. The zero-order chi connectivity index (χ0) is 13.0. The number of piperidine rings is 1. The lowest BCUT2D eigenvalue weighted by molar-refractivity contribution is 0.0779. The molecule has 19 heavy (non-hydrogen) atoms. The molecular weight excluding hydrogens is 241 g/mol. The number of benzene rings is 1. The standard InChI is InChI=1S/C15H18FN3/c1-19-11-3-2-7-15(19,8-6-11)14-12-5-4-10(16)9-13(12)17-18-14/h4-5,9,11H,2-3,6-8H2,1H3,(H,17,18). The molecule has 4 rings (SSSR count). The number of halogens is 1. The first-order chi connectivity index (χ1) is 9.21. The highest BCUT2D eigenvalue weighted by atomic mass is 19.1. The molecule has 0 saturated carbocycles. The Hall–Kier alpha value is -1.42. The van der Waals surface area contributed by atoms with Gasteiger partial charge in [-0.15, -0.1) is 0 Å². The summed E-state index contributed by atoms with van der Waals surface area (Å²) in [5, 5.41) is 8.63. The second-order valence-electron chi connectivity index (χ2n) is 5.99. The Balaban J connectivity index is 1.90. The van der Waals surface area contributed by atoms with Gasteiger partial charge >= 0.3 is 0 Å². The molecule has 2 aliphatic heterocycles. The van der Waals surface area contributed by atoms with E-state index < -0.39 is 0 Å². The van der Waals surface area contributed by atoms with Crippen molar-refractivity contribution < 1.29 is 4.39 Å². The van der Waals surface area contributed by atoms with Crippen LogP contribution in [0.2, 0.25) is 0 Å². The van der Waals surface area contributed by atoms with E-state index in [1.807, 2.05) is 6.07 Å². The van der Waals surface area contributed by atoms with Crippen LogP contribution in [0.4, 0.5) is 4.39 Å². The van der Waals surface area contributed by atoms with Crippen LogP contribution in [0.15, 0.2) is 18.2 Å². The Morgan fingerprint density at radius 2 is 2.26 bits per heavy atom. The molecule has 2 unspecified atom stereocenters. The maximum atomic E-state index is 13.3. The Kier molecular flexibility index (Phi) is 2.28.